The zero-order valence-electron chi connectivity index (χ0n) is 28.1. The van der Waals surface area contributed by atoms with Crippen molar-refractivity contribution in [2.45, 2.75) is 0 Å². The standard InChI is InChI=1S/C50H28N2/c1-52-36-22-20-35(21-23-36)46-29-48(40-15-7-11-33-9-3-5-13-38(33)40)44-26-24-41-45(34-18-16-31(30-51)17-19-34)28-47(43-27-25-42(46)50(44)49(41)43)39-14-6-10-32-8-2-4-12-37(32)39/h2-29H. The van der Waals surface area contributed by atoms with Gasteiger partial charge >= 0.3 is 0 Å². The van der Waals surface area contributed by atoms with Crippen molar-refractivity contribution in [3.05, 3.63) is 187 Å². The summed E-state index contributed by atoms with van der Waals surface area (Å²) >= 11 is 0. The van der Waals surface area contributed by atoms with E-state index < -0.39 is 0 Å². The van der Waals surface area contributed by atoms with E-state index in [0.717, 1.165) is 22.3 Å². The first-order valence-electron chi connectivity index (χ1n) is 17.4. The molecule has 2 heteroatoms. The van der Waals surface area contributed by atoms with Crippen molar-refractivity contribution in [1.82, 2.24) is 0 Å². The lowest BCUT2D eigenvalue weighted by atomic mass is 9.81. The monoisotopic (exact) mass is 656 g/mol. The molecular weight excluding hydrogens is 629 g/mol. The van der Waals surface area contributed by atoms with Crippen LogP contribution in [0.15, 0.2) is 170 Å². The van der Waals surface area contributed by atoms with Crippen molar-refractivity contribution in [2.24, 2.45) is 0 Å². The highest BCUT2D eigenvalue weighted by molar-refractivity contribution is 6.32. The van der Waals surface area contributed by atoms with E-state index in [9.17, 15) is 5.26 Å². The maximum Gasteiger partial charge on any atom is 0.187 e. The maximum absolute atomic E-state index is 9.62. The Labute approximate surface area is 301 Å². The third-order valence-electron chi connectivity index (χ3n) is 10.7. The summed E-state index contributed by atoms with van der Waals surface area (Å²) in [5.41, 5.74) is 10.4. The fourth-order valence-corrected chi connectivity index (χ4v) is 8.28. The van der Waals surface area contributed by atoms with Crippen molar-refractivity contribution in [3.63, 3.8) is 0 Å². The second-order valence-electron chi connectivity index (χ2n) is 13.4. The Kier molecular flexibility index (Phi) is 6.65. The summed E-state index contributed by atoms with van der Waals surface area (Å²) in [5.74, 6) is 0. The Balaban J connectivity index is 1.40. The molecule has 0 aromatic heterocycles. The van der Waals surface area contributed by atoms with Crippen molar-refractivity contribution in [3.8, 4) is 50.6 Å². The Morgan fingerprint density at radius 3 is 1.27 bits per heavy atom. The molecule has 0 fully saturated rings. The summed E-state index contributed by atoms with van der Waals surface area (Å²) in [7, 11) is 0. The largest absolute Gasteiger partial charge is 0.238 e. The summed E-state index contributed by atoms with van der Waals surface area (Å²) in [4.78, 5) is 3.68. The van der Waals surface area contributed by atoms with Gasteiger partial charge in [-0.15, -0.1) is 0 Å². The normalized spacial score (nSPS) is 11.4. The summed E-state index contributed by atoms with van der Waals surface area (Å²) < 4.78 is 0. The van der Waals surface area contributed by atoms with Crippen LogP contribution in [-0.4, -0.2) is 0 Å². The first-order chi connectivity index (χ1) is 25.7. The summed E-state index contributed by atoms with van der Waals surface area (Å²) in [5, 5.41) is 21.6. The van der Waals surface area contributed by atoms with Crippen LogP contribution in [0, 0.1) is 17.9 Å². The second-order valence-corrected chi connectivity index (χ2v) is 13.4. The van der Waals surface area contributed by atoms with Gasteiger partial charge in [0.1, 0.15) is 0 Å². The lowest BCUT2D eigenvalue weighted by molar-refractivity contribution is 1.48. The van der Waals surface area contributed by atoms with Crippen LogP contribution < -0.4 is 0 Å². The molecule has 10 rings (SSSR count). The number of fused-ring (bicyclic) bond motifs is 2. The molecule has 0 radical (unpaired) electrons. The zero-order chi connectivity index (χ0) is 34.8. The van der Waals surface area contributed by atoms with Gasteiger partial charge in [0.25, 0.3) is 0 Å². The van der Waals surface area contributed by atoms with E-state index in [1.807, 2.05) is 24.3 Å². The van der Waals surface area contributed by atoms with Crippen molar-refractivity contribution in [2.75, 3.05) is 0 Å². The predicted molar refractivity (Wildman–Crippen MR) is 218 cm³/mol. The lowest BCUT2D eigenvalue weighted by Gasteiger charge is -2.22. The van der Waals surface area contributed by atoms with Crippen LogP contribution >= 0.6 is 0 Å². The Hall–Kier alpha value is -7.26. The summed E-state index contributed by atoms with van der Waals surface area (Å²) in [6, 6.07) is 62.5. The number of rotatable bonds is 4. The Morgan fingerprint density at radius 2 is 0.808 bits per heavy atom. The van der Waals surface area contributed by atoms with E-state index in [2.05, 4.69) is 157 Å². The predicted octanol–water partition coefficient (Wildman–Crippen LogP) is 14.0. The molecule has 0 atom stereocenters. The van der Waals surface area contributed by atoms with Crippen LogP contribution in [0.1, 0.15) is 5.56 Å². The van der Waals surface area contributed by atoms with Crippen LogP contribution in [0.4, 0.5) is 5.69 Å². The summed E-state index contributed by atoms with van der Waals surface area (Å²) in [6.07, 6.45) is 0. The highest BCUT2D eigenvalue weighted by atomic mass is 14.6. The van der Waals surface area contributed by atoms with Crippen LogP contribution in [0.3, 0.4) is 0 Å². The lowest BCUT2D eigenvalue weighted by Crippen LogP contribution is -1.95. The fraction of sp³-hybridized carbons (Fsp3) is 0. The molecular formula is C50H28N2. The van der Waals surface area contributed by atoms with Gasteiger partial charge in [-0.1, -0.05) is 146 Å². The van der Waals surface area contributed by atoms with Crippen LogP contribution in [0.5, 0.6) is 0 Å². The third kappa shape index (κ3) is 4.49. The fourth-order valence-electron chi connectivity index (χ4n) is 8.28. The molecule has 0 heterocycles. The quantitative estimate of drug-likeness (QED) is 0.137. The van der Waals surface area contributed by atoms with E-state index >= 15 is 0 Å². The molecule has 0 saturated heterocycles. The van der Waals surface area contributed by atoms with Crippen LogP contribution in [0.2, 0.25) is 0 Å². The molecule has 10 aromatic rings. The number of hydrogen-bond donors (Lipinski definition) is 0. The van der Waals surface area contributed by atoms with E-state index in [-0.39, 0.29) is 0 Å². The van der Waals surface area contributed by atoms with Gasteiger partial charge < -0.3 is 0 Å². The van der Waals surface area contributed by atoms with Crippen molar-refractivity contribution >= 4 is 59.5 Å². The van der Waals surface area contributed by atoms with E-state index in [0.29, 0.717) is 11.3 Å². The Bertz CT molecular complexity index is 2890. The average molecular weight is 657 g/mol. The molecule has 0 aliphatic heterocycles. The van der Waals surface area contributed by atoms with E-state index in [1.165, 1.54) is 76.1 Å². The minimum atomic E-state index is 0.627. The van der Waals surface area contributed by atoms with Gasteiger partial charge in [-0.05, 0) is 123 Å². The van der Waals surface area contributed by atoms with Gasteiger partial charge in [0.2, 0.25) is 0 Å². The molecule has 0 aliphatic rings. The SMILES string of the molecule is [C-]#[N+]c1ccc(-c2cc(-c3cccc4ccccc34)c3ccc4c(-c5ccc(C#N)cc5)cc(-c5cccc6ccccc56)c5ccc2c3c45)cc1. The molecule has 238 valence electrons. The molecule has 0 N–H and O–H groups in total. The van der Waals surface area contributed by atoms with Crippen molar-refractivity contribution in [1.29, 1.82) is 5.26 Å². The first kappa shape index (κ1) is 29.6. The van der Waals surface area contributed by atoms with E-state index in [4.69, 9.17) is 6.57 Å². The first-order valence-corrected chi connectivity index (χ1v) is 17.4. The highest BCUT2D eigenvalue weighted by Gasteiger charge is 2.22. The zero-order valence-corrected chi connectivity index (χ0v) is 28.1. The molecule has 0 saturated carbocycles. The van der Waals surface area contributed by atoms with Gasteiger partial charge in [0, 0.05) is 0 Å². The van der Waals surface area contributed by atoms with Gasteiger partial charge in [-0.25, -0.2) is 4.85 Å². The van der Waals surface area contributed by atoms with Crippen LogP contribution in [0.25, 0.3) is 103 Å². The van der Waals surface area contributed by atoms with E-state index in [1.54, 1.807) is 0 Å². The number of nitriles is 1. The average Bonchev–Trinajstić information content (AvgIpc) is 3.22. The molecule has 10 aromatic carbocycles. The number of nitrogens with zero attached hydrogens (tertiary/aromatic N) is 2. The molecule has 0 aliphatic carbocycles. The van der Waals surface area contributed by atoms with Crippen molar-refractivity contribution < 1.29 is 0 Å². The third-order valence-corrected chi connectivity index (χ3v) is 10.7. The molecule has 0 spiro atoms. The van der Waals surface area contributed by atoms with Gasteiger partial charge in [0.15, 0.2) is 5.69 Å². The van der Waals surface area contributed by atoms with Gasteiger partial charge in [0.05, 0.1) is 18.2 Å². The molecule has 0 amide bonds. The molecule has 0 bridgehead atoms. The minimum Gasteiger partial charge on any atom is -0.238 e. The van der Waals surface area contributed by atoms with Crippen LogP contribution in [-0.2, 0) is 0 Å². The highest BCUT2D eigenvalue weighted by Crippen LogP contribution is 2.49. The smallest absolute Gasteiger partial charge is 0.187 e. The maximum atomic E-state index is 9.62. The topological polar surface area (TPSA) is 28.1 Å². The van der Waals surface area contributed by atoms with Gasteiger partial charge in [-0.2, -0.15) is 5.26 Å². The minimum absolute atomic E-state index is 0.627. The second kappa shape index (κ2) is 11.7. The number of hydrogen-bond acceptors (Lipinski definition) is 1. The molecule has 52 heavy (non-hydrogen) atoms. The molecule has 0 unspecified atom stereocenters. The van der Waals surface area contributed by atoms with Gasteiger partial charge in [-0.3, -0.25) is 0 Å². The Morgan fingerprint density at radius 1 is 0.385 bits per heavy atom. The summed E-state index contributed by atoms with van der Waals surface area (Å²) in [6.45, 7) is 7.58. The molecule has 2 nitrogen and oxygen atoms in total. The number of benzene rings is 10.